The van der Waals surface area contributed by atoms with E-state index in [1.54, 1.807) is 12.1 Å². The molecule has 0 spiro atoms. The summed E-state index contributed by atoms with van der Waals surface area (Å²) in [5.41, 5.74) is 0.886. The van der Waals surface area contributed by atoms with E-state index < -0.39 is 0 Å². The van der Waals surface area contributed by atoms with Crippen molar-refractivity contribution in [3.05, 3.63) is 40.7 Å². The molecule has 6 nitrogen and oxygen atoms in total. The van der Waals surface area contributed by atoms with Crippen LogP contribution in [0.1, 0.15) is 45.6 Å². The van der Waals surface area contributed by atoms with Gasteiger partial charge in [-0.05, 0) is 50.1 Å². The molecule has 2 amide bonds. The summed E-state index contributed by atoms with van der Waals surface area (Å²) in [4.78, 5) is 27.8. The van der Waals surface area contributed by atoms with Crippen LogP contribution in [0, 0.1) is 6.92 Å². The molecule has 0 saturated carbocycles. The van der Waals surface area contributed by atoms with Crippen molar-refractivity contribution in [2.75, 3.05) is 25.0 Å². The quantitative estimate of drug-likeness (QED) is 0.781. The van der Waals surface area contributed by atoms with Crippen molar-refractivity contribution in [3.8, 4) is 0 Å². The number of nitrogens with zero attached hydrogens (tertiary/aromatic N) is 1. The molecule has 0 radical (unpaired) electrons. The van der Waals surface area contributed by atoms with E-state index >= 15 is 0 Å². The number of hydrogen-bond donors (Lipinski definition) is 2. The first-order chi connectivity index (χ1) is 12.1. The SMILES string of the molecule is CCCN(C(=O)c1sc(NC(=O)c2ccco2)cc1C)C1CCNC1.Cl. The number of carbonyl (C=O) groups is 2. The fourth-order valence-corrected chi connectivity index (χ4v) is 4.09. The number of hydrogen-bond acceptors (Lipinski definition) is 5. The Kier molecular flexibility index (Phi) is 7.25. The third-order valence-corrected chi connectivity index (χ3v) is 5.43. The number of aryl methyl sites for hydroxylation is 1. The van der Waals surface area contributed by atoms with E-state index in [1.807, 2.05) is 17.9 Å². The first-order valence-corrected chi connectivity index (χ1v) is 9.38. The molecule has 3 heterocycles. The fraction of sp³-hybridized carbons (Fsp3) is 0.444. The second-order valence-corrected chi connectivity index (χ2v) is 7.25. The highest BCUT2D eigenvalue weighted by atomic mass is 35.5. The van der Waals surface area contributed by atoms with Crippen LogP contribution >= 0.6 is 23.7 Å². The summed E-state index contributed by atoms with van der Waals surface area (Å²) in [5.74, 6) is -0.00391. The van der Waals surface area contributed by atoms with Crippen molar-refractivity contribution in [1.29, 1.82) is 0 Å². The molecule has 1 fully saturated rings. The highest BCUT2D eigenvalue weighted by Crippen LogP contribution is 2.29. The largest absolute Gasteiger partial charge is 0.459 e. The number of halogens is 1. The highest BCUT2D eigenvalue weighted by Gasteiger charge is 2.28. The van der Waals surface area contributed by atoms with Crippen LogP contribution in [-0.4, -0.2) is 42.4 Å². The normalized spacial score (nSPS) is 16.2. The molecule has 2 N–H and O–H groups in total. The zero-order valence-corrected chi connectivity index (χ0v) is 16.5. The van der Waals surface area contributed by atoms with Crippen molar-refractivity contribution < 1.29 is 14.0 Å². The zero-order chi connectivity index (χ0) is 17.8. The average Bonchev–Trinajstić information content (AvgIpc) is 3.33. The molecule has 0 aliphatic carbocycles. The Bertz CT molecular complexity index is 739. The summed E-state index contributed by atoms with van der Waals surface area (Å²) in [6.45, 7) is 6.53. The van der Waals surface area contributed by atoms with Gasteiger partial charge in [-0.25, -0.2) is 0 Å². The first-order valence-electron chi connectivity index (χ1n) is 8.57. The maximum atomic E-state index is 13.0. The van der Waals surface area contributed by atoms with Gasteiger partial charge in [0, 0.05) is 19.1 Å². The van der Waals surface area contributed by atoms with Crippen LogP contribution in [0.2, 0.25) is 0 Å². The van der Waals surface area contributed by atoms with Crippen molar-refractivity contribution in [2.24, 2.45) is 0 Å². The molecule has 142 valence electrons. The number of thiophene rings is 1. The smallest absolute Gasteiger partial charge is 0.291 e. The van der Waals surface area contributed by atoms with Crippen LogP contribution in [0.4, 0.5) is 5.00 Å². The van der Waals surface area contributed by atoms with Gasteiger partial charge in [-0.2, -0.15) is 0 Å². The second kappa shape index (κ2) is 9.21. The second-order valence-electron chi connectivity index (χ2n) is 6.20. The summed E-state index contributed by atoms with van der Waals surface area (Å²) in [6, 6.07) is 5.37. The fourth-order valence-electron chi connectivity index (χ4n) is 3.06. The van der Waals surface area contributed by atoms with Gasteiger partial charge in [0.25, 0.3) is 11.8 Å². The van der Waals surface area contributed by atoms with Crippen molar-refractivity contribution in [1.82, 2.24) is 10.2 Å². The van der Waals surface area contributed by atoms with Crippen molar-refractivity contribution >= 4 is 40.6 Å². The van der Waals surface area contributed by atoms with E-state index in [2.05, 4.69) is 17.6 Å². The molecule has 2 aromatic heterocycles. The number of anilines is 1. The van der Waals surface area contributed by atoms with Crippen molar-refractivity contribution in [2.45, 2.75) is 32.7 Å². The van der Waals surface area contributed by atoms with Crippen LogP contribution in [0.5, 0.6) is 0 Å². The Balaban J connectivity index is 0.00000243. The lowest BCUT2D eigenvalue weighted by Gasteiger charge is -2.28. The first kappa shape index (κ1) is 20.5. The van der Waals surface area contributed by atoms with Crippen molar-refractivity contribution in [3.63, 3.8) is 0 Å². The molecule has 8 heteroatoms. The Morgan fingerprint density at radius 3 is 2.88 bits per heavy atom. The standard InChI is InChI=1S/C18H23N3O3S.ClH/c1-3-8-21(13-6-7-19-11-13)18(23)16-12(2)10-15(25-16)20-17(22)14-5-4-9-24-14;/h4-5,9-10,13,19H,3,6-8,11H2,1-2H3,(H,20,22);1H. The molecule has 1 atom stereocenters. The van der Waals surface area contributed by atoms with Gasteiger partial charge in [0.15, 0.2) is 5.76 Å². The maximum Gasteiger partial charge on any atom is 0.291 e. The molecule has 1 aliphatic heterocycles. The van der Waals surface area contributed by atoms with Crippen LogP contribution in [-0.2, 0) is 0 Å². The lowest BCUT2D eigenvalue weighted by Crippen LogP contribution is -2.42. The molecule has 1 saturated heterocycles. The van der Waals surface area contributed by atoms with Crippen LogP contribution < -0.4 is 10.6 Å². The number of amides is 2. The van der Waals surface area contributed by atoms with Gasteiger partial charge >= 0.3 is 0 Å². The molecule has 3 rings (SSSR count). The minimum Gasteiger partial charge on any atom is -0.459 e. The van der Waals surface area contributed by atoms with Crippen LogP contribution in [0.25, 0.3) is 0 Å². The van der Waals surface area contributed by atoms with E-state index in [0.29, 0.717) is 9.88 Å². The Labute approximate surface area is 163 Å². The van der Waals surface area contributed by atoms with Gasteiger partial charge < -0.3 is 20.0 Å². The van der Waals surface area contributed by atoms with Crippen LogP contribution in [0.3, 0.4) is 0 Å². The van der Waals surface area contributed by atoms with E-state index in [1.165, 1.54) is 17.6 Å². The molecule has 1 aliphatic rings. The van der Waals surface area contributed by atoms with Gasteiger partial charge in [0.05, 0.1) is 16.1 Å². The van der Waals surface area contributed by atoms with Gasteiger partial charge in [-0.15, -0.1) is 23.7 Å². The topological polar surface area (TPSA) is 74.6 Å². The lowest BCUT2D eigenvalue weighted by atomic mass is 10.1. The molecule has 1 unspecified atom stereocenters. The van der Waals surface area contributed by atoms with E-state index in [0.717, 1.165) is 38.0 Å². The molecule has 0 aromatic carbocycles. The molecule has 2 aromatic rings. The predicted octanol–water partition coefficient (Wildman–Crippen LogP) is 3.54. The predicted molar refractivity (Wildman–Crippen MR) is 106 cm³/mol. The maximum absolute atomic E-state index is 13.0. The minimum absolute atomic E-state index is 0. The summed E-state index contributed by atoms with van der Waals surface area (Å²) in [7, 11) is 0. The van der Waals surface area contributed by atoms with E-state index in [-0.39, 0.29) is 36.0 Å². The third kappa shape index (κ3) is 4.47. The summed E-state index contributed by atoms with van der Waals surface area (Å²) >= 11 is 1.32. The Hall–Kier alpha value is -1.83. The van der Waals surface area contributed by atoms with E-state index in [4.69, 9.17) is 4.42 Å². The third-order valence-electron chi connectivity index (χ3n) is 4.29. The highest BCUT2D eigenvalue weighted by molar-refractivity contribution is 7.18. The average molecular weight is 398 g/mol. The summed E-state index contributed by atoms with van der Waals surface area (Å²) < 4.78 is 5.10. The Morgan fingerprint density at radius 2 is 2.27 bits per heavy atom. The zero-order valence-electron chi connectivity index (χ0n) is 14.9. The molecule has 0 bridgehead atoms. The van der Waals surface area contributed by atoms with Gasteiger partial charge in [0.1, 0.15) is 0 Å². The van der Waals surface area contributed by atoms with Gasteiger partial charge in [-0.3, -0.25) is 9.59 Å². The number of carbonyl (C=O) groups excluding carboxylic acids is 2. The van der Waals surface area contributed by atoms with E-state index in [9.17, 15) is 9.59 Å². The van der Waals surface area contributed by atoms with Crippen LogP contribution in [0.15, 0.2) is 28.9 Å². The Morgan fingerprint density at radius 1 is 1.46 bits per heavy atom. The number of furan rings is 1. The lowest BCUT2D eigenvalue weighted by molar-refractivity contribution is 0.0696. The van der Waals surface area contributed by atoms with Gasteiger partial charge in [-0.1, -0.05) is 6.92 Å². The summed E-state index contributed by atoms with van der Waals surface area (Å²) in [5, 5.41) is 6.78. The molecular weight excluding hydrogens is 374 g/mol. The molecule has 26 heavy (non-hydrogen) atoms. The van der Waals surface area contributed by atoms with Gasteiger partial charge in [0.2, 0.25) is 0 Å². The molecular formula is C18H24ClN3O3S. The minimum atomic E-state index is -0.310. The monoisotopic (exact) mass is 397 g/mol. The number of nitrogens with one attached hydrogen (secondary N) is 2. The summed E-state index contributed by atoms with van der Waals surface area (Å²) in [6.07, 6.45) is 3.37. The number of rotatable bonds is 6.